The lowest BCUT2D eigenvalue weighted by Gasteiger charge is -2.34. The van der Waals surface area contributed by atoms with Crippen LogP contribution in [0.1, 0.15) is 19.3 Å². The van der Waals surface area contributed by atoms with E-state index in [1.54, 1.807) is 6.08 Å². The number of nitrogens with zero attached hydrogens (tertiary/aromatic N) is 1. The fourth-order valence-corrected chi connectivity index (χ4v) is 2.61. The van der Waals surface area contributed by atoms with Crippen LogP contribution in [0.3, 0.4) is 0 Å². The Kier molecular flexibility index (Phi) is 7.71. The molecular formula is C14H24ClN3O3. The first kappa shape index (κ1) is 17.9. The van der Waals surface area contributed by atoms with Gasteiger partial charge >= 0.3 is 0 Å². The van der Waals surface area contributed by atoms with E-state index in [9.17, 15) is 9.59 Å². The predicted octanol–water partition coefficient (Wildman–Crippen LogP) is 0.0799. The van der Waals surface area contributed by atoms with Gasteiger partial charge in [0.15, 0.2) is 0 Å². The van der Waals surface area contributed by atoms with E-state index in [4.69, 9.17) is 4.74 Å². The minimum Gasteiger partial charge on any atom is -0.376 e. The summed E-state index contributed by atoms with van der Waals surface area (Å²) in [5.41, 5.74) is 0. The molecule has 2 amide bonds. The van der Waals surface area contributed by atoms with Crippen molar-refractivity contribution in [2.75, 3.05) is 32.8 Å². The molecule has 0 bridgehead atoms. The topological polar surface area (TPSA) is 70.7 Å². The molecule has 2 heterocycles. The van der Waals surface area contributed by atoms with Gasteiger partial charge in [0.05, 0.1) is 18.6 Å². The summed E-state index contributed by atoms with van der Waals surface area (Å²) in [6.07, 6.45) is 4.04. The van der Waals surface area contributed by atoms with E-state index in [-0.39, 0.29) is 36.7 Å². The molecule has 2 aliphatic heterocycles. The molecule has 0 spiro atoms. The molecule has 0 saturated carbocycles. The van der Waals surface area contributed by atoms with Crippen LogP contribution in [0, 0.1) is 0 Å². The molecule has 120 valence electrons. The van der Waals surface area contributed by atoms with Crippen molar-refractivity contribution in [3.63, 3.8) is 0 Å². The van der Waals surface area contributed by atoms with Crippen LogP contribution in [0.2, 0.25) is 0 Å². The molecule has 0 aliphatic carbocycles. The van der Waals surface area contributed by atoms with Gasteiger partial charge in [-0.05, 0) is 12.8 Å². The van der Waals surface area contributed by atoms with Crippen molar-refractivity contribution in [1.29, 1.82) is 0 Å². The molecule has 2 N–H and O–H groups in total. The molecule has 2 atom stereocenters. The number of carbonyl (C=O) groups is 2. The first-order valence-corrected chi connectivity index (χ1v) is 7.22. The minimum absolute atomic E-state index is 0. The SMILES string of the molecule is C=CCNC(=O)CC1NCCN(CC2CCCO2)C1=O.Cl. The number of halogens is 1. The fraction of sp³-hybridized carbons (Fsp3) is 0.714. The number of hydrogen-bond acceptors (Lipinski definition) is 4. The van der Waals surface area contributed by atoms with E-state index in [1.165, 1.54) is 0 Å². The van der Waals surface area contributed by atoms with Crippen LogP contribution in [-0.2, 0) is 14.3 Å². The van der Waals surface area contributed by atoms with Gasteiger partial charge in [0.25, 0.3) is 0 Å². The van der Waals surface area contributed by atoms with Crippen LogP contribution >= 0.6 is 12.4 Å². The lowest BCUT2D eigenvalue weighted by Crippen LogP contribution is -2.57. The maximum absolute atomic E-state index is 12.3. The summed E-state index contributed by atoms with van der Waals surface area (Å²) in [7, 11) is 0. The normalized spacial score (nSPS) is 25.3. The van der Waals surface area contributed by atoms with E-state index < -0.39 is 6.04 Å². The third kappa shape index (κ3) is 5.30. The summed E-state index contributed by atoms with van der Waals surface area (Å²) < 4.78 is 5.57. The monoisotopic (exact) mass is 317 g/mol. The van der Waals surface area contributed by atoms with Crippen molar-refractivity contribution < 1.29 is 14.3 Å². The van der Waals surface area contributed by atoms with Crippen molar-refractivity contribution in [1.82, 2.24) is 15.5 Å². The first-order chi connectivity index (χ1) is 9.70. The fourth-order valence-electron chi connectivity index (χ4n) is 2.61. The number of piperazine rings is 1. The summed E-state index contributed by atoms with van der Waals surface area (Å²) in [5.74, 6) is -0.129. The molecule has 2 rings (SSSR count). The second kappa shape index (κ2) is 9.02. The Morgan fingerprint density at radius 1 is 1.57 bits per heavy atom. The van der Waals surface area contributed by atoms with Gasteiger partial charge in [0.1, 0.15) is 0 Å². The van der Waals surface area contributed by atoms with Crippen molar-refractivity contribution in [3.8, 4) is 0 Å². The molecule has 2 fully saturated rings. The smallest absolute Gasteiger partial charge is 0.240 e. The summed E-state index contributed by atoms with van der Waals surface area (Å²) in [6, 6.07) is -0.421. The summed E-state index contributed by atoms with van der Waals surface area (Å²) in [4.78, 5) is 25.8. The second-order valence-corrected chi connectivity index (χ2v) is 5.22. The van der Waals surface area contributed by atoms with Crippen LogP contribution < -0.4 is 10.6 Å². The third-order valence-electron chi connectivity index (χ3n) is 3.66. The molecule has 2 aliphatic rings. The quantitative estimate of drug-likeness (QED) is 0.681. The number of hydrogen-bond donors (Lipinski definition) is 2. The average Bonchev–Trinajstić information content (AvgIpc) is 2.94. The van der Waals surface area contributed by atoms with E-state index in [2.05, 4.69) is 17.2 Å². The second-order valence-electron chi connectivity index (χ2n) is 5.22. The van der Waals surface area contributed by atoms with Crippen LogP contribution in [0.25, 0.3) is 0 Å². The lowest BCUT2D eigenvalue weighted by molar-refractivity contribution is -0.139. The van der Waals surface area contributed by atoms with Crippen molar-refractivity contribution in [2.45, 2.75) is 31.4 Å². The van der Waals surface area contributed by atoms with Gasteiger partial charge in [-0.25, -0.2) is 0 Å². The molecule has 6 nitrogen and oxygen atoms in total. The van der Waals surface area contributed by atoms with Crippen LogP contribution in [0.4, 0.5) is 0 Å². The largest absolute Gasteiger partial charge is 0.376 e. The molecule has 2 unspecified atom stereocenters. The van der Waals surface area contributed by atoms with Crippen LogP contribution in [-0.4, -0.2) is 61.6 Å². The molecule has 0 aromatic heterocycles. The van der Waals surface area contributed by atoms with Crippen LogP contribution in [0.5, 0.6) is 0 Å². The van der Waals surface area contributed by atoms with Gasteiger partial charge < -0.3 is 20.3 Å². The highest BCUT2D eigenvalue weighted by atomic mass is 35.5. The zero-order valence-corrected chi connectivity index (χ0v) is 13.0. The van der Waals surface area contributed by atoms with Gasteiger partial charge in [0.2, 0.25) is 11.8 Å². The maximum Gasteiger partial charge on any atom is 0.240 e. The zero-order valence-electron chi connectivity index (χ0n) is 12.2. The summed E-state index contributed by atoms with van der Waals surface area (Å²) in [6.45, 7) is 6.81. The lowest BCUT2D eigenvalue weighted by atomic mass is 10.1. The number of rotatable bonds is 6. The number of ether oxygens (including phenoxy) is 1. The molecule has 0 aromatic rings. The Morgan fingerprint density at radius 2 is 2.38 bits per heavy atom. The van der Waals surface area contributed by atoms with Crippen LogP contribution in [0.15, 0.2) is 12.7 Å². The molecule has 0 radical (unpaired) electrons. The highest BCUT2D eigenvalue weighted by molar-refractivity contribution is 5.89. The van der Waals surface area contributed by atoms with E-state index >= 15 is 0 Å². The van der Waals surface area contributed by atoms with Crippen molar-refractivity contribution >= 4 is 24.2 Å². The molecule has 7 heteroatoms. The highest BCUT2D eigenvalue weighted by Crippen LogP contribution is 2.15. The first-order valence-electron chi connectivity index (χ1n) is 7.22. The summed E-state index contributed by atoms with van der Waals surface area (Å²) >= 11 is 0. The number of nitrogens with one attached hydrogen (secondary N) is 2. The Morgan fingerprint density at radius 3 is 3.05 bits per heavy atom. The Labute approximate surface area is 131 Å². The predicted molar refractivity (Wildman–Crippen MR) is 82.4 cm³/mol. The van der Waals surface area contributed by atoms with Gasteiger partial charge in [-0.15, -0.1) is 19.0 Å². The van der Waals surface area contributed by atoms with E-state index in [0.29, 0.717) is 19.6 Å². The number of amides is 2. The van der Waals surface area contributed by atoms with Crippen molar-refractivity contribution in [3.05, 3.63) is 12.7 Å². The van der Waals surface area contributed by atoms with E-state index in [0.717, 1.165) is 26.0 Å². The van der Waals surface area contributed by atoms with Crippen molar-refractivity contribution in [2.24, 2.45) is 0 Å². The number of carbonyl (C=O) groups excluding carboxylic acids is 2. The Hall–Kier alpha value is -1.11. The molecule has 2 saturated heterocycles. The van der Waals surface area contributed by atoms with Gasteiger partial charge in [-0.1, -0.05) is 6.08 Å². The van der Waals surface area contributed by atoms with Gasteiger partial charge in [-0.2, -0.15) is 0 Å². The third-order valence-corrected chi connectivity index (χ3v) is 3.66. The van der Waals surface area contributed by atoms with E-state index in [1.807, 2.05) is 4.90 Å². The van der Waals surface area contributed by atoms with Gasteiger partial charge in [0, 0.05) is 32.8 Å². The van der Waals surface area contributed by atoms with Gasteiger partial charge in [-0.3, -0.25) is 9.59 Å². The Bertz CT molecular complexity index is 372. The molecule has 21 heavy (non-hydrogen) atoms. The standard InChI is InChI=1S/C14H23N3O3.ClH/c1-2-5-16-13(18)9-12-14(19)17(7-6-15-12)10-11-4-3-8-20-11;/h2,11-12,15H,1,3-10H2,(H,16,18);1H. The zero-order chi connectivity index (χ0) is 14.4. The molecule has 0 aromatic carbocycles. The minimum atomic E-state index is -0.421. The Balaban J connectivity index is 0.00000220. The molecular weight excluding hydrogens is 294 g/mol. The average molecular weight is 318 g/mol. The highest BCUT2D eigenvalue weighted by Gasteiger charge is 2.32. The maximum atomic E-state index is 12.3. The summed E-state index contributed by atoms with van der Waals surface area (Å²) in [5, 5.41) is 5.81.